The van der Waals surface area contributed by atoms with Crippen LogP contribution in [0.4, 0.5) is 5.69 Å². The van der Waals surface area contributed by atoms with E-state index in [0.29, 0.717) is 42.9 Å². The van der Waals surface area contributed by atoms with Gasteiger partial charge in [0.05, 0.1) is 17.7 Å². The topological polar surface area (TPSA) is 161 Å². The molecule has 14 heteroatoms. The summed E-state index contributed by atoms with van der Waals surface area (Å²) in [6.45, 7) is 6.40. The van der Waals surface area contributed by atoms with Crippen LogP contribution < -0.4 is 31.7 Å². The van der Waals surface area contributed by atoms with E-state index in [2.05, 4.69) is 33.1 Å². The Bertz CT molecular complexity index is 1350. The molecule has 2 fully saturated rings. The monoisotopic (exact) mass is 604 g/mol. The number of rotatable bonds is 8. The van der Waals surface area contributed by atoms with E-state index < -0.39 is 27.4 Å². The summed E-state index contributed by atoms with van der Waals surface area (Å²) >= 11 is 0. The number of anilines is 1. The van der Waals surface area contributed by atoms with Crippen LogP contribution in [0.1, 0.15) is 46.0 Å². The van der Waals surface area contributed by atoms with Gasteiger partial charge >= 0.3 is 0 Å². The summed E-state index contributed by atoms with van der Waals surface area (Å²) in [5.41, 5.74) is 7.65. The largest absolute Gasteiger partial charge is 0.495 e. The third-order valence-electron chi connectivity index (χ3n) is 8.67. The van der Waals surface area contributed by atoms with Gasteiger partial charge in [0.2, 0.25) is 11.8 Å². The van der Waals surface area contributed by atoms with Crippen molar-refractivity contribution in [3.63, 3.8) is 0 Å². The smallest absolute Gasteiger partial charge is 0.275 e. The fraction of sp³-hybridized carbons (Fsp3) is 0.643. The number of carbonyl (C=O) groups excluding carboxylic acids is 2. The average Bonchev–Trinajstić information content (AvgIpc) is 3.46. The molecule has 232 valence electrons. The van der Waals surface area contributed by atoms with Gasteiger partial charge in [0.15, 0.2) is 9.84 Å². The number of sulfone groups is 1. The molecule has 3 atom stereocenters. The van der Waals surface area contributed by atoms with E-state index in [9.17, 15) is 18.0 Å². The van der Waals surface area contributed by atoms with Crippen LogP contribution in [0.5, 0.6) is 5.75 Å². The minimum atomic E-state index is -3.94. The number of nitrogens with two attached hydrogens (primary N) is 1. The number of carbonyl (C=O) groups is 2. The summed E-state index contributed by atoms with van der Waals surface area (Å²) in [6, 6.07) is 4.97. The second kappa shape index (κ2) is 11.8. The van der Waals surface area contributed by atoms with E-state index >= 15 is 0 Å². The molecule has 1 aliphatic carbocycles. The van der Waals surface area contributed by atoms with Crippen molar-refractivity contribution in [2.75, 3.05) is 51.4 Å². The number of benzene rings is 1. The maximum Gasteiger partial charge on any atom is 0.275 e. The van der Waals surface area contributed by atoms with Gasteiger partial charge in [0.25, 0.3) is 5.91 Å². The van der Waals surface area contributed by atoms with Crippen molar-refractivity contribution in [1.29, 1.82) is 0 Å². The number of methoxy groups -OCH3 is 1. The molecular formula is C28H44N8O5S. The van der Waals surface area contributed by atoms with E-state index in [1.54, 1.807) is 4.90 Å². The third-order valence-corrected chi connectivity index (χ3v) is 10.3. The minimum Gasteiger partial charge on any atom is -0.495 e. The van der Waals surface area contributed by atoms with Crippen LogP contribution >= 0.6 is 0 Å². The second-order valence-electron chi connectivity index (χ2n) is 11.8. The predicted octanol–water partition coefficient (Wildman–Crippen LogP) is 0.128. The van der Waals surface area contributed by atoms with Crippen LogP contribution in [0.3, 0.4) is 0 Å². The van der Waals surface area contributed by atoms with Crippen LogP contribution in [-0.2, 0) is 19.4 Å². The number of ether oxygens (including phenoxy) is 1. The van der Waals surface area contributed by atoms with Crippen molar-refractivity contribution in [3.05, 3.63) is 29.7 Å². The molecule has 13 nitrogen and oxygen atoms in total. The number of amides is 2. The lowest BCUT2D eigenvalue weighted by molar-refractivity contribution is -0.129. The molecule has 5 rings (SSSR count). The zero-order chi connectivity index (χ0) is 30.2. The Morgan fingerprint density at radius 2 is 1.95 bits per heavy atom. The molecule has 3 heterocycles. The van der Waals surface area contributed by atoms with Crippen molar-refractivity contribution in [1.82, 2.24) is 30.7 Å². The number of nitrogens with zero attached hydrogens (tertiary/aromatic N) is 3. The van der Waals surface area contributed by atoms with Gasteiger partial charge in [-0.3, -0.25) is 20.6 Å². The van der Waals surface area contributed by atoms with Crippen LogP contribution in [0.25, 0.3) is 0 Å². The number of likely N-dealkylation sites (N-methyl/N-ethyl adjacent to an activating group) is 1. The fourth-order valence-corrected chi connectivity index (χ4v) is 7.81. The SMILES string of the molecule is CCC1CN(C)C2=C(N[C@](N)(Nc3ccc(S(=O)(=O)CC(=O)N4CCNC(C)C4)cc3OC)NC2=O)N1C1CCCC1. The molecule has 0 radical (unpaired) electrons. The molecule has 2 amide bonds. The molecule has 0 bridgehead atoms. The Labute approximate surface area is 248 Å². The van der Waals surface area contributed by atoms with Crippen molar-refractivity contribution in [2.24, 2.45) is 5.73 Å². The number of piperazine rings is 1. The molecule has 0 aromatic heterocycles. The van der Waals surface area contributed by atoms with Crippen molar-refractivity contribution >= 4 is 27.3 Å². The molecule has 4 aliphatic rings. The zero-order valence-corrected chi connectivity index (χ0v) is 25.7. The standard InChI is InChI=1S/C28H44N8O5S/c1-5-19-16-34(3)25-26(36(19)20-8-6-7-9-20)32-28(29,33-27(25)38)31-22-11-10-21(14-23(22)41-4)42(39,40)17-24(37)35-13-12-30-18(2)15-35/h10-11,14,18-20,30-32H,5-9,12-13,15-17,29H2,1-4H3,(H,33,38)/t18?,19?,28-/m0/s1. The molecular weight excluding hydrogens is 560 g/mol. The lowest BCUT2D eigenvalue weighted by Gasteiger charge is -2.52. The zero-order valence-electron chi connectivity index (χ0n) is 24.9. The summed E-state index contributed by atoms with van der Waals surface area (Å²) in [5.74, 6) is -2.05. The van der Waals surface area contributed by atoms with Crippen molar-refractivity contribution < 1.29 is 22.7 Å². The fourth-order valence-electron chi connectivity index (χ4n) is 6.57. The molecule has 6 N–H and O–H groups in total. The van der Waals surface area contributed by atoms with E-state index in [-0.39, 0.29) is 28.6 Å². The summed E-state index contributed by atoms with van der Waals surface area (Å²) in [4.78, 5) is 32.1. The Kier molecular flexibility index (Phi) is 8.50. The first-order valence-electron chi connectivity index (χ1n) is 14.8. The second-order valence-corrected chi connectivity index (χ2v) is 13.8. The molecule has 2 unspecified atom stereocenters. The molecule has 1 aromatic carbocycles. The summed E-state index contributed by atoms with van der Waals surface area (Å²) in [7, 11) is -0.600. The quantitative estimate of drug-likeness (QED) is 0.257. The molecule has 42 heavy (non-hydrogen) atoms. The third kappa shape index (κ3) is 5.97. The summed E-state index contributed by atoms with van der Waals surface area (Å²) < 4.78 is 31.9. The van der Waals surface area contributed by atoms with Gasteiger partial charge in [-0.2, -0.15) is 0 Å². The van der Waals surface area contributed by atoms with E-state index in [1.807, 2.05) is 18.9 Å². The van der Waals surface area contributed by atoms with E-state index in [1.165, 1.54) is 25.3 Å². The van der Waals surface area contributed by atoms with Gasteiger partial charge in [-0.1, -0.05) is 19.8 Å². The molecule has 1 saturated heterocycles. The average molecular weight is 605 g/mol. The number of hydrogen-bond acceptors (Lipinski definition) is 11. The number of hydrogen-bond donors (Lipinski definition) is 5. The van der Waals surface area contributed by atoms with Crippen LogP contribution in [0.2, 0.25) is 0 Å². The lowest BCUT2D eigenvalue weighted by atomic mass is 10.0. The Morgan fingerprint density at radius 3 is 2.62 bits per heavy atom. The Morgan fingerprint density at radius 1 is 1.21 bits per heavy atom. The van der Waals surface area contributed by atoms with Crippen molar-refractivity contribution in [2.45, 2.75) is 74.9 Å². The molecule has 0 spiro atoms. The maximum atomic E-state index is 13.4. The first-order valence-corrected chi connectivity index (χ1v) is 16.4. The molecule has 1 saturated carbocycles. The molecule has 1 aromatic rings. The lowest BCUT2D eigenvalue weighted by Crippen LogP contribution is -2.76. The number of nitrogens with one attached hydrogen (secondary N) is 4. The van der Waals surface area contributed by atoms with Crippen LogP contribution in [0, 0.1) is 0 Å². The highest BCUT2D eigenvalue weighted by Gasteiger charge is 2.46. The van der Waals surface area contributed by atoms with Crippen molar-refractivity contribution in [3.8, 4) is 5.75 Å². The normalized spacial score (nSPS) is 27.0. The van der Waals surface area contributed by atoms with Gasteiger partial charge in [-0.15, -0.1) is 0 Å². The van der Waals surface area contributed by atoms with Gasteiger partial charge in [-0.05, 0) is 38.3 Å². The Hall–Kier alpha value is -3.23. The highest BCUT2D eigenvalue weighted by Crippen LogP contribution is 2.36. The predicted molar refractivity (Wildman–Crippen MR) is 159 cm³/mol. The highest BCUT2D eigenvalue weighted by molar-refractivity contribution is 7.92. The summed E-state index contributed by atoms with van der Waals surface area (Å²) in [6.07, 6.45) is 5.35. The van der Waals surface area contributed by atoms with Gasteiger partial charge in [0.1, 0.15) is 23.0 Å². The minimum absolute atomic E-state index is 0.0368. The maximum absolute atomic E-state index is 13.4. The first-order chi connectivity index (χ1) is 19.9. The van der Waals surface area contributed by atoms with E-state index in [0.717, 1.165) is 38.6 Å². The van der Waals surface area contributed by atoms with Crippen LogP contribution in [-0.4, -0.2) is 105 Å². The van der Waals surface area contributed by atoms with Gasteiger partial charge in [-0.25, -0.2) is 8.42 Å². The highest BCUT2D eigenvalue weighted by atomic mass is 32.2. The summed E-state index contributed by atoms with van der Waals surface area (Å²) in [5, 5.41) is 12.6. The van der Waals surface area contributed by atoms with Gasteiger partial charge < -0.3 is 35.4 Å². The van der Waals surface area contributed by atoms with Gasteiger partial charge in [0, 0.05) is 57.4 Å². The Balaban J connectivity index is 1.37. The first kappa shape index (κ1) is 30.2. The molecule has 3 aliphatic heterocycles. The van der Waals surface area contributed by atoms with E-state index in [4.69, 9.17) is 10.5 Å². The van der Waals surface area contributed by atoms with Crippen LogP contribution in [0.15, 0.2) is 34.6 Å².